The molecular weight excluding hydrogens is 364 g/mol. The molecule has 0 aliphatic rings. The van der Waals surface area contributed by atoms with Crippen LogP contribution in [0.4, 0.5) is 5.69 Å². The van der Waals surface area contributed by atoms with Gasteiger partial charge in [-0.05, 0) is 24.6 Å². The molecule has 1 aromatic carbocycles. The van der Waals surface area contributed by atoms with Gasteiger partial charge < -0.3 is 4.74 Å². The summed E-state index contributed by atoms with van der Waals surface area (Å²) in [7, 11) is 0. The van der Waals surface area contributed by atoms with Crippen molar-refractivity contribution < 1.29 is 14.5 Å². The Morgan fingerprint density at radius 2 is 2.13 bits per heavy atom. The van der Waals surface area contributed by atoms with Crippen molar-refractivity contribution >= 4 is 39.7 Å². The molecule has 0 aliphatic heterocycles. The molecule has 118 valence electrons. The van der Waals surface area contributed by atoms with Gasteiger partial charge in [0, 0.05) is 10.5 Å². The number of aromatic nitrogens is 1. The molecule has 7 heteroatoms. The maximum absolute atomic E-state index is 12.0. The smallest absolute Gasteiger partial charge is 0.340 e. The molecule has 2 aromatic rings. The Morgan fingerprint density at radius 3 is 2.78 bits per heavy atom. The first-order valence-corrected chi connectivity index (χ1v) is 7.56. The molecule has 1 heterocycles. The van der Waals surface area contributed by atoms with Crippen molar-refractivity contribution in [1.29, 1.82) is 0 Å². The zero-order chi connectivity index (χ0) is 16.8. The first kappa shape index (κ1) is 16.8. The van der Waals surface area contributed by atoms with Crippen LogP contribution < -0.4 is 0 Å². The van der Waals surface area contributed by atoms with Crippen molar-refractivity contribution in [3.05, 3.63) is 67.9 Å². The number of hydrogen-bond donors (Lipinski definition) is 0. The summed E-state index contributed by atoms with van der Waals surface area (Å²) in [6.07, 6.45) is 4.50. The molecule has 0 fully saturated rings. The van der Waals surface area contributed by atoms with Crippen LogP contribution in [-0.2, 0) is 4.74 Å². The van der Waals surface area contributed by atoms with Crippen LogP contribution in [0.1, 0.15) is 28.5 Å². The number of rotatable bonds is 5. The Bertz CT molecular complexity index is 774. The molecule has 23 heavy (non-hydrogen) atoms. The number of ether oxygens (including phenoxy) is 1. The highest BCUT2D eigenvalue weighted by atomic mass is 79.9. The Morgan fingerprint density at radius 1 is 1.39 bits per heavy atom. The van der Waals surface area contributed by atoms with Crippen LogP contribution in [0.3, 0.4) is 0 Å². The van der Waals surface area contributed by atoms with E-state index in [0.717, 1.165) is 16.2 Å². The number of pyridine rings is 1. The number of nitrogens with zero attached hydrogens (tertiary/aromatic N) is 2. The quantitative estimate of drug-likeness (QED) is 0.445. The van der Waals surface area contributed by atoms with Gasteiger partial charge in [0.1, 0.15) is 6.20 Å². The predicted octanol–water partition coefficient (Wildman–Crippen LogP) is 4.10. The van der Waals surface area contributed by atoms with Gasteiger partial charge in [-0.15, -0.1) is 0 Å². The monoisotopic (exact) mass is 376 g/mol. The number of hydrogen-bond acceptors (Lipinski definition) is 5. The summed E-state index contributed by atoms with van der Waals surface area (Å²) < 4.78 is 5.82. The second kappa shape index (κ2) is 7.64. The molecule has 0 bridgehead atoms. The van der Waals surface area contributed by atoms with Gasteiger partial charge in [-0.3, -0.25) is 10.1 Å². The number of carbonyl (C=O) groups is 1. The van der Waals surface area contributed by atoms with Crippen molar-refractivity contribution in [2.45, 2.75) is 6.92 Å². The van der Waals surface area contributed by atoms with Gasteiger partial charge in [-0.2, -0.15) is 0 Å². The zero-order valence-corrected chi connectivity index (χ0v) is 13.8. The minimum Gasteiger partial charge on any atom is -0.462 e. The van der Waals surface area contributed by atoms with Crippen molar-refractivity contribution in [1.82, 2.24) is 4.98 Å². The van der Waals surface area contributed by atoms with E-state index in [2.05, 4.69) is 20.9 Å². The molecule has 0 amide bonds. The summed E-state index contributed by atoms with van der Waals surface area (Å²) in [4.78, 5) is 26.3. The van der Waals surface area contributed by atoms with Gasteiger partial charge in [0.25, 0.3) is 5.69 Å². The second-order valence-electron chi connectivity index (χ2n) is 4.46. The fourth-order valence-electron chi connectivity index (χ4n) is 1.85. The molecule has 0 atom stereocenters. The van der Waals surface area contributed by atoms with E-state index < -0.39 is 10.9 Å². The summed E-state index contributed by atoms with van der Waals surface area (Å²) in [5.74, 6) is -0.643. The summed E-state index contributed by atoms with van der Waals surface area (Å²) in [6.45, 7) is 1.84. The number of benzene rings is 1. The van der Waals surface area contributed by atoms with E-state index in [1.807, 2.05) is 24.3 Å². The Kier molecular flexibility index (Phi) is 5.59. The lowest BCUT2D eigenvalue weighted by Gasteiger charge is -2.05. The van der Waals surface area contributed by atoms with Crippen LogP contribution in [0.15, 0.2) is 41.0 Å². The lowest BCUT2D eigenvalue weighted by Crippen LogP contribution is -2.08. The first-order valence-electron chi connectivity index (χ1n) is 6.77. The maximum Gasteiger partial charge on any atom is 0.340 e. The van der Waals surface area contributed by atoms with Crippen LogP contribution in [0.2, 0.25) is 0 Å². The molecular formula is C16H13BrN2O4. The van der Waals surface area contributed by atoms with Gasteiger partial charge in [-0.1, -0.05) is 40.2 Å². The third-order valence-electron chi connectivity index (χ3n) is 2.94. The highest BCUT2D eigenvalue weighted by Gasteiger charge is 2.17. The average molecular weight is 377 g/mol. The minimum atomic E-state index is -0.643. The zero-order valence-electron chi connectivity index (χ0n) is 12.2. The number of halogens is 1. The molecule has 1 aromatic heterocycles. The largest absolute Gasteiger partial charge is 0.462 e. The predicted molar refractivity (Wildman–Crippen MR) is 89.9 cm³/mol. The van der Waals surface area contributed by atoms with E-state index in [9.17, 15) is 14.9 Å². The van der Waals surface area contributed by atoms with E-state index in [-0.39, 0.29) is 17.9 Å². The molecule has 0 spiro atoms. The van der Waals surface area contributed by atoms with Crippen molar-refractivity contribution in [3.63, 3.8) is 0 Å². The lowest BCUT2D eigenvalue weighted by atomic mass is 10.1. The minimum absolute atomic E-state index is 0.0596. The average Bonchev–Trinajstić information content (AvgIpc) is 2.54. The van der Waals surface area contributed by atoms with E-state index in [1.165, 1.54) is 6.07 Å². The van der Waals surface area contributed by atoms with E-state index in [1.54, 1.807) is 19.1 Å². The molecule has 0 saturated carbocycles. The second-order valence-corrected chi connectivity index (χ2v) is 5.31. The van der Waals surface area contributed by atoms with E-state index in [0.29, 0.717) is 5.69 Å². The number of esters is 1. The normalized spacial score (nSPS) is 10.7. The fourth-order valence-corrected chi connectivity index (χ4v) is 2.27. The summed E-state index contributed by atoms with van der Waals surface area (Å²) in [5, 5.41) is 10.9. The SMILES string of the molecule is CCOC(=O)c1cc([N+](=O)[O-])cnc1/C=C/c1ccccc1Br. The highest BCUT2D eigenvalue weighted by Crippen LogP contribution is 2.21. The van der Waals surface area contributed by atoms with Gasteiger partial charge in [0.2, 0.25) is 0 Å². The topological polar surface area (TPSA) is 82.3 Å². The molecule has 0 aliphatic carbocycles. The van der Waals surface area contributed by atoms with Crippen LogP contribution in [0.25, 0.3) is 12.2 Å². The Balaban J connectivity index is 2.43. The van der Waals surface area contributed by atoms with Crippen LogP contribution in [-0.4, -0.2) is 22.5 Å². The van der Waals surface area contributed by atoms with Crippen molar-refractivity contribution in [2.24, 2.45) is 0 Å². The maximum atomic E-state index is 12.0. The van der Waals surface area contributed by atoms with E-state index >= 15 is 0 Å². The van der Waals surface area contributed by atoms with Crippen LogP contribution in [0, 0.1) is 10.1 Å². The fraction of sp³-hybridized carbons (Fsp3) is 0.125. The van der Waals surface area contributed by atoms with E-state index in [4.69, 9.17) is 4.74 Å². The molecule has 0 radical (unpaired) electrons. The number of nitro groups is 1. The van der Waals surface area contributed by atoms with Gasteiger partial charge in [-0.25, -0.2) is 9.78 Å². The third-order valence-corrected chi connectivity index (χ3v) is 3.66. The standard InChI is InChI=1S/C16H13BrN2O4/c1-2-23-16(20)13-9-12(19(21)22)10-18-15(13)8-7-11-5-3-4-6-14(11)17/h3-10H,2H2,1H3/b8-7+. The van der Waals surface area contributed by atoms with Crippen molar-refractivity contribution in [3.8, 4) is 0 Å². The lowest BCUT2D eigenvalue weighted by molar-refractivity contribution is -0.385. The first-order chi connectivity index (χ1) is 11.0. The van der Waals surface area contributed by atoms with Gasteiger partial charge in [0.05, 0.1) is 22.8 Å². The molecule has 6 nitrogen and oxygen atoms in total. The molecule has 0 N–H and O–H groups in total. The highest BCUT2D eigenvalue weighted by molar-refractivity contribution is 9.10. The third kappa shape index (κ3) is 4.23. The Labute approximate surface area is 141 Å². The van der Waals surface area contributed by atoms with Gasteiger partial charge >= 0.3 is 5.97 Å². The molecule has 0 unspecified atom stereocenters. The Hall–Kier alpha value is -2.54. The number of carbonyl (C=O) groups excluding carboxylic acids is 1. The summed E-state index contributed by atoms with van der Waals surface area (Å²) in [6, 6.07) is 8.70. The van der Waals surface area contributed by atoms with Crippen LogP contribution in [0.5, 0.6) is 0 Å². The van der Waals surface area contributed by atoms with Gasteiger partial charge in [0.15, 0.2) is 0 Å². The van der Waals surface area contributed by atoms with Crippen molar-refractivity contribution in [2.75, 3.05) is 6.61 Å². The summed E-state index contributed by atoms with van der Waals surface area (Å²) in [5.41, 5.74) is 1.00. The molecule has 0 saturated heterocycles. The van der Waals surface area contributed by atoms with Crippen LogP contribution >= 0.6 is 15.9 Å². The summed E-state index contributed by atoms with van der Waals surface area (Å²) >= 11 is 3.42. The molecule has 2 rings (SSSR count).